The van der Waals surface area contributed by atoms with E-state index in [1.807, 2.05) is 0 Å². The number of carbonyl (C=O) groups is 1. The summed E-state index contributed by atoms with van der Waals surface area (Å²) in [6.07, 6.45) is 0. The normalized spacial score (nSPS) is 18.5. The zero-order valence-electron chi connectivity index (χ0n) is 14.2. The molecule has 1 aliphatic rings. The molecule has 0 saturated heterocycles. The Kier molecular flexibility index (Phi) is 4.53. The number of nitrogens with zero attached hydrogens (tertiary/aromatic N) is 3. The van der Waals surface area contributed by atoms with Crippen LogP contribution in [0.3, 0.4) is 0 Å². The molecular weight excluding hydrogens is 372 g/mol. The Morgan fingerprint density at radius 1 is 1.15 bits per heavy atom. The number of anilines is 1. The quantitative estimate of drug-likeness (QED) is 0.722. The fourth-order valence-corrected chi connectivity index (χ4v) is 3.97. The smallest absolute Gasteiger partial charge is 0.240 e. The molecule has 0 unspecified atom stereocenters. The summed E-state index contributed by atoms with van der Waals surface area (Å²) in [5.41, 5.74) is 4.03. The third-order valence-corrected chi connectivity index (χ3v) is 5.43. The van der Waals surface area contributed by atoms with Crippen LogP contribution in [0, 0.1) is 18.6 Å². The number of fused-ring (bicyclic) bond motifs is 1. The lowest BCUT2D eigenvalue weighted by Gasteiger charge is -2.32. The predicted octanol–water partition coefficient (Wildman–Crippen LogP) is 3.26. The van der Waals surface area contributed by atoms with Gasteiger partial charge in [-0.15, -0.1) is 10.2 Å². The summed E-state index contributed by atoms with van der Waals surface area (Å²) in [5, 5.41) is 10.6. The van der Waals surface area contributed by atoms with Crippen LogP contribution in [0.5, 0.6) is 0 Å². The summed E-state index contributed by atoms with van der Waals surface area (Å²) in [6, 6.07) is 11.4. The minimum Gasteiger partial charge on any atom is -0.323 e. The highest BCUT2D eigenvalue weighted by atomic mass is 32.2. The molecule has 2 N–H and O–H groups in total. The number of hydrogen-bond donors (Lipinski definition) is 2. The van der Waals surface area contributed by atoms with E-state index in [0.29, 0.717) is 11.0 Å². The lowest BCUT2D eigenvalue weighted by molar-refractivity contribution is -0.116. The Balaban J connectivity index is 1.68. The van der Waals surface area contributed by atoms with E-state index < -0.39 is 17.1 Å². The van der Waals surface area contributed by atoms with Crippen LogP contribution < -0.4 is 10.7 Å². The molecule has 0 aliphatic carbocycles. The average Bonchev–Trinajstić information content (AvgIpc) is 3.03. The van der Waals surface area contributed by atoms with E-state index in [-0.39, 0.29) is 17.4 Å². The van der Waals surface area contributed by atoms with Crippen molar-refractivity contribution in [3.05, 3.63) is 71.6 Å². The number of aromatic nitrogens is 3. The summed E-state index contributed by atoms with van der Waals surface area (Å²) < 4.78 is 28.9. The maximum Gasteiger partial charge on any atom is 0.240 e. The van der Waals surface area contributed by atoms with Crippen molar-refractivity contribution in [2.24, 2.45) is 0 Å². The fourth-order valence-electron chi connectivity index (χ4n) is 2.85. The van der Waals surface area contributed by atoms with Gasteiger partial charge < -0.3 is 10.7 Å². The first-order valence-electron chi connectivity index (χ1n) is 8.19. The number of amides is 1. The molecule has 1 amide bonds. The van der Waals surface area contributed by atoms with Crippen LogP contribution in [0.1, 0.15) is 17.4 Å². The molecule has 4 rings (SSSR count). The molecule has 0 spiro atoms. The first-order valence-corrected chi connectivity index (χ1v) is 9.07. The van der Waals surface area contributed by atoms with Crippen LogP contribution >= 0.6 is 11.8 Å². The number of carbonyl (C=O) groups excluding carboxylic acids is 1. The van der Waals surface area contributed by atoms with Gasteiger partial charge in [0.1, 0.15) is 22.7 Å². The van der Waals surface area contributed by atoms with Crippen molar-refractivity contribution in [3.8, 4) is 0 Å². The number of nitrogens with one attached hydrogen (secondary N) is 2. The van der Waals surface area contributed by atoms with Crippen LogP contribution in [0.25, 0.3) is 0 Å². The Morgan fingerprint density at radius 2 is 1.89 bits per heavy atom. The van der Waals surface area contributed by atoms with Gasteiger partial charge >= 0.3 is 0 Å². The molecule has 138 valence electrons. The second-order valence-corrected chi connectivity index (χ2v) is 7.14. The third-order valence-electron chi connectivity index (χ3n) is 4.22. The molecule has 27 heavy (non-hydrogen) atoms. The van der Waals surface area contributed by atoms with Crippen molar-refractivity contribution in [3.63, 3.8) is 0 Å². The van der Waals surface area contributed by atoms with Crippen molar-refractivity contribution >= 4 is 23.4 Å². The van der Waals surface area contributed by atoms with Gasteiger partial charge in [-0.2, -0.15) is 0 Å². The first kappa shape index (κ1) is 17.5. The monoisotopic (exact) mass is 387 g/mol. The van der Waals surface area contributed by atoms with E-state index in [1.54, 1.807) is 35.9 Å². The molecule has 1 aromatic heterocycles. The summed E-state index contributed by atoms with van der Waals surface area (Å²) in [5.74, 6) is -0.635. The first-order chi connectivity index (χ1) is 13.0. The van der Waals surface area contributed by atoms with Crippen LogP contribution in [0.15, 0.2) is 53.7 Å². The minimum absolute atomic E-state index is 0.101. The predicted molar refractivity (Wildman–Crippen MR) is 97.9 cm³/mol. The van der Waals surface area contributed by atoms with E-state index in [9.17, 15) is 13.6 Å². The van der Waals surface area contributed by atoms with Crippen LogP contribution in [-0.2, 0) is 4.79 Å². The van der Waals surface area contributed by atoms with Crippen molar-refractivity contribution in [2.75, 3.05) is 10.7 Å². The second-order valence-electron chi connectivity index (χ2n) is 6.03. The van der Waals surface area contributed by atoms with Gasteiger partial charge in [0.25, 0.3) is 0 Å². The zero-order valence-corrected chi connectivity index (χ0v) is 15.0. The van der Waals surface area contributed by atoms with Crippen molar-refractivity contribution < 1.29 is 13.6 Å². The Bertz CT molecular complexity index is 992. The van der Waals surface area contributed by atoms with Gasteiger partial charge in [-0.05, 0) is 36.8 Å². The van der Waals surface area contributed by atoms with Gasteiger partial charge in [0, 0.05) is 0 Å². The van der Waals surface area contributed by atoms with Crippen LogP contribution in [-0.4, -0.2) is 26.0 Å². The van der Waals surface area contributed by atoms with E-state index in [4.69, 9.17) is 0 Å². The highest BCUT2D eigenvalue weighted by Crippen LogP contribution is 2.37. The van der Waals surface area contributed by atoms with E-state index in [1.165, 1.54) is 36.0 Å². The van der Waals surface area contributed by atoms with Crippen LogP contribution in [0.4, 0.5) is 14.5 Å². The van der Waals surface area contributed by atoms with E-state index in [0.717, 1.165) is 5.56 Å². The summed E-state index contributed by atoms with van der Waals surface area (Å²) in [4.78, 5) is 12.9. The molecule has 2 aromatic carbocycles. The molecule has 2 heterocycles. The highest BCUT2D eigenvalue weighted by Gasteiger charge is 2.37. The largest absolute Gasteiger partial charge is 0.323 e. The van der Waals surface area contributed by atoms with Gasteiger partial charge in [0.15, 0.2) is 0 Å². The van der Waals surface area contributed by atoms with Crippen molar-refractivity contribution in [1.82, 2.24) is 14.9 Å². The minimum atomic E-state index is -0.661. The number of aryl methyl sites for hydroxylation is 1. The van der Waals surface area contributed by atoms with Crippen LogP contribution in [0.2, 0.25) is 0 Å². The molecule has 0 fully saturated rings. The molecule has 1 aliphatic heterocycles. The SMILES string of the molecule is Cc1nnc2n1N[C@H](c1ccc(F)cc1)[C@@H](C(=O)Nc1ccccc1F)S2. The number of halogens is 2. The molecule has 9 heteroatoms. The zero-order chi connectivity index (χ0) is 19.0. The molecule has 0 radical (unpaired) electrons. The van der Waals surface area contributed by atoms with Gasteiger partial charge in [0.05, 0.1) is 11.7 Å². The van der Waals surface area contributed by atoms with Gasteiger partial charge in [-0.25, -0.2) is 13.5 Å². The van der Waals surface area contributed by atoms with Crippen molar-refractivity contribution in [2.45, 2.75) is 23.4 Å². The molecular formula is C18H15F2N5OS. The summed E-state index contributed by atoms with van der Waals surface area (Å²) >= 11 is 1.22. The van der Waals surface area contributed by atoms with E-state index >= 15 is 0 Å². The Hall–Kier alpha value is -2.94. The Morgan fingerprint density at radius 3 is 2.63 bits per heavy atom. The lowest BCUT2D eigenvalue weighted by Crippen LogP contribution is -2.41. The molecule has 2 atom stereocenters. The number of thioether (sulfide) groups is 1. The number of rotatable bonds is 3. The van der Waals surface area contributed by atoms with Gasteiger partial charge in [-0.3, -0.25) is 4.79 Å². The average molecular weight is 387 g/mol. The highest BCUT2D eigenvalue weighted by molar-refractivity contribution is 8.00. The topological polar surface area (TPSA) is 71.8 Å². The van der Waals surface area contributed by atoms with Crippen molar-refractivity contribution in [1.29, 1.82) is 0 Å². The summed E-state index contributed by atoms with van der Waals surface area (Å²) in [6.45, 7) is 1.78. The second kappa shape index (κ2) is 6.99. The molecule has 0 bridgehead atoms. The lowest BCUT2D eigenvalue weighted by atomic mass is 10.0. The molecule has 6 nitrogen and oxygen atoms in total. The van der Waals surface area contributed by atoms with Gasteiger partial charge in [-0.1, -0.05) is 36.0 Å². The number of hydrogen-bond acceptors (Lipinski definition) is 5. The standard InChI is InChI=1S/C18H15F2N5OS/c1-10-22-23-18-25(10)24-15(11-6-8-12(19)9-7-11)16(27-18)17(26)21-14-5-3-2-4-13(14)20/h2-9,15-16,24H,1H3,(H,21,26)/t15-,16+/m1/s1. The van der Waals surface area contributed by atoms with E-state index in [2.05, 4.69) is 20.9 Å². The maximum absolute atomic E-state index is 13.9. The van der Waals surface area contributed by atoms with Gasteiger partial charge in [0.2, 0.25) is 11.1 Å². The fraction of sp³-hybridized carbons (Fsp3) is 0.167. The number of para-hydroxylation sites is 1. The maximum atomic E-state index is 13.9. The molecule has 3 aromatic rings. The third kappa shape index (κ3) is 3.37. The summed E-state index contributed by atoms with van der Waals surface area (Å²) in [7, 11) is 0. The molecule has 0 saturated carbocycles. The number of benzene rings is 2. The Labute approximate surface area is 158 Å².